The van der Waals surface area contributed by atoms with Gasteiger partial charge < -0.3 is 10.2 Å². The Morgan fingerprint density at radius 3 is 2.70 bits per heavy atom. The number of hydrogen-bond acceptors (Lipinski definition) is 2. The molecule has 1 unspecified atom stereocenters. The van der Waals surface area contributed by atoms with Crippen molar-refractivity contribution >= 4 is 29.9 Å². The van der Waals surface area contributed by atoms with Crippen LogP contribution in [0.2, 0.25) is 5.02 Å². The molecule has 3 nitrogen and oxygen atoms in total. The number of benzene rings is 1. The first kappa shape index (κ1) is 17.3. The van der Waals surface area contributed by atoms with Gasteiger partial charge in [0, 0.05) is 18.6 Å². The van der Waals surface area contributed by atoms with Crippen LogP contribution >= 0.6 is 24.0 Å². The Hall–Kier alpha value is -0.770. The van der Waals surface area contributed by atoms with E-state index in [4.69, 9.17) is 11.6 Å². The standard InChI is InChI=1S/C15H21ClN2O.ClH/c1-15(9-5-6-10-17-15)14(19)18(2)11-12-7-3-4-8-13(12)16;/h3-4,7-8,17H,5-6,9-11H2,1-2H3;1H. The summed E-state index contributed by atoms with van der Waals surface area (Å²) in [5.41, 5.74) is 0.563. The second-order valence-corrected chi connectivity index (χ2v) is 5.88. The van der Waals surface area contributed by atoms with Gasteiger partial charge in [0.05, 0.1) is 5.54 Å². The summed E-state index contributed by atoms with van der Waals surface area (Å²) in [6, 6.07) is 7.66. The third kappa shape index (κ3) is 3.87. The maximum Gasteiger partial charge on any atom is 0.242 e. The number of rotatable bonds is 3. The summed E-state index contributed by atoms with van der Waals surface area (Å²) in [5, 5.41) is 4.06. The minimum absolute atomic E-state index is 0. The van der Waals surface area contributed by atoms with E-state index in [0.29, 0.717) is 11.6 Å². The average Bonchev–Trinajstić information content (AvgIpc) is 2.41. The van der Waals surface area contributed by atoms with E-state index in [-0.39, 0.29) is 18.3 Å². The zero-order valence-corrected chi connectivity index (χ0v) is 13.6. The van der Waals surface area contributed by atoms with Gasteiger partial charge in [-0.2, -0.15) is 0 Å². The lowest BCUT2D eigenvalue weighted by molar-refractivity contribution is -0.137. The van der Waals surface area contributed by atoms with Gasteiger partial charge in [-0.3, -0.25) is 4.79 Å². The maximum absolute atomic E-state index is 12.6. The van der Waals surface area contributed by atoms with Crippen LogP contribution in [0.1, 0.15) is 31.7 Å². The molecule has 1 amide bonds. The summed E-state index contributed by atoms with van der Waals surface area (Å²) in [6.07, 6.45) is 3.16. The van der Waals surface area contributed by atoms with Crippen LogP contribution in [0.4, 0.5) is 0 Å². The summed E-state index contributed by atoms with van der Waals surface area (Å²) < 4.78 is 0. The Kier molecular flexibility index (Phi) is 6.31. The topological polar surface area (TPSA) is 32.3 Å². The van der Waals surface area contributed by atoms with Crippen molar-refractivity contribution in [2.75, 3.05) is 13.6 Å². The summed E-state index contributed by atoms with van der Waals surface area (Å²) in [5.74, 6) is 0.145. The van der Waals surface area contributed by atoms with Crippen LogP contribution < -0.4 is 5.32 Å². The number of carbonyl (C=O) groups excluding carboxylic acids is 1. The highest BCUT2D eigenvalue weighted by Gasteiger charge is 2.36. The third-order valence-electron chi connectivity index (χ3n) is 3.80. The molecule has 1 aromatic rings. The largest absolute Gasteiger partial charge is 0.340 e. The monoisotopic (exact) mass is 316 g/mol. The predicted molar refractivity (Wildman–Crippen MR) is 85.4 cm³/mol. The van der Waals surface area contributed by atoms with Crippen molar-refractivity contribution in [3.05, 3.63) is 34.9 Å². The lowest BCUT2D eigenvalue weighted by Crippen LogP contribution is -2.57. The molecule has 1 aliphatic heterocycles. The molecular weight excluding hydrogens is 295 g/mol. The fourth-order valence-electron chi connectivity index (χ4n) is 2.61. The van der Waals surface area contributed by atoms with E-state index in [9.17, 15) is 4.79 Å². The van der Waals surface area contributed by atoms with Gasteiger partial charge in [0.15, 0.2) is 0 Å². The maximum atomic E-state index is 12.6. The van der Waals surface area contributed by atoms with Crippen LogP contribution in [0.25, 0.3) is 0 Å². The fourth-order valence-corrected chi connectivity index (χ4v) is 2.81. The molecular formula is C15H22Cl2N2O. The first-order chi connectivity index (χ1) is 9.03. The summed E-state index contributed by atoms with van der Waals surface area (Å²) in [7, 11) is 1.84. The molecule has 1 fully saturated rings. The molecule has 2 rings (SSSR count). The summed E-state index contributed by atoms with van der Waals surface area (Å²) in [4.78, 5) is 14.3. The minimum atomic E-state index is -0.422. The van der Waals surface area contributed by atoms with E-state index in [0.717, 1.165) is 31.4 Å². The van der Waals surface area contributed by atoms with Gasteiger partial charge in [-0.05, 0) is 44.4 Å². The van der Waals surface area contributed by atoms with Crippen molar-refractivity contribution in [2.45, 2.75) is 38.3 Å². The molecule has 0 aromatic heterocycles. The number of halogens is 2. The van der Waals surface area contributed by atoms with Crippen molar-refractivity contribution in [3.63, 3.8) is 0 Å². The quantitative estimate of drug-likeness (QED) is 0.928. The molecule has 20 heavy (non-hydrogen) atoms. The Balaban J connectivity index is 0.00000200. The second kappa shape index (κ2) is 7.30. The smallest absolute Gasteiger partial charge is 0.242 e. The lowest BCUT2D eigenvalue weighted by Gasteiger charge is -2.36. The number of piperidine rings is 1. The second-order valence-electron chi connectivity index (χ2n) is 5.47. The highest BCUT2D eigenvalue weighted by atomic mass is 35.5. The molecule has 1 aliphatic rings. The number of likely N-dealkylation sites (N-methyl/N-ethyl adjacent to an activating group) is 1. The first-order valence-corrected chi connectivity index (χ1v) is 7.15. The summed E-state index contributed by atoms with van der Waals surface area (Å²) >= 11 is 6.14. The fraction of sp³-hybridized carbons (Fsp3) is 0.533. The molecule has 1 N–H and O–H groups in total. The van der Waals surface area contributed by atoms with Crippen LogP contribution in [-0.2, 0) is 11.3 Å². The van der Waals surface area contributed by atoms with Crippen molar-refractivity contribution in [2.24, 2.45) is 0 Å². The van der Waals surface area contributed by atoms with Gasteiger partial charge in [-0.25, -0.2) is 0 Å². The molecule has 1 aromatic carbocycles. The molecule has 0 radical (unpaired) electrons. The normalized spacial score (nSPS) is 21.9. The van der Waals surface area contributed by atoms with E-state index in [1.165, 1.54) is 0 Å². The van der Waals surface area contributed by atoms with Crippen molar-refractivity contribution in [1.29, 1.82) is 0 Å². The Bertz CT molecular complexity index is 459. The summed E-state index contributed by atoms with van der Waals surface area (Å²) in [6.45, 7) is 3.47. The zero-order valence-electron chi connectivity index (χ0n) is 12.0. The minimum Gasteiger partial charge on any atom is -0.340 e. The highest BCUT2D eigenvalue weighted by Crippen LogP contribution is 2.23. The van der Waals surface area contributed by atoms with Crippen LogP contribution in [0.3, 0.4) is 0 Å². The molecule has 0 aliphatic carbocycles. The van der Waals surface area contributed by atoms with Gasteiger partial charge in [-0.1, -0.05) is 29.8 Å². The molecule has 1 saturated heterocycles. The number of nitrogens with one attached hydrogen (secondary N) is 1. The van der Waals surface area contributed by atoms with Crippen LogP contribution in [0, 0.1) is 0 Å². The Labute approximate surface area is 132 Å². The van der Waals surface area contributed by atoms with E-state index >= 15 is 0 Å². The molecule has 112 valence electrons. The van der Waals surface area contributed by atoms with E-state index in [1.54, 1.807) is 4.90 Å². The third-order valence-corrected chi connectivity index (χ3v) is 4.17. The number of amides is 1. The van der Waals surface area contributed by atoms with E-state index in [2.05, 4.69) is 5.32 Å². The number of carbonyl (C=O) groups is 1. The van der Waals surface area contributed by atoms with Gasteiger partial charge >= 0.3 is 0 Å². The molecule has 1 heterocycles. The Morgan fingerprint density at radius 2 is 2.10 bits per heavy atom. The number of nitrogens with zero attached hydrogens (tertiary/aromatic N) is 1. The van der Waals surface area contributed by atoms with Gasteiger partial charge in [0.2, 0.25) is 5.91 Å². The van der Waals surface area contributed by atoms with Gasteiger partial charge in [0.25, 0.3) is 0 Å². The van der Waals surface area contributed by atoms with Gasteiger partial charge in [0.1, 0.15) is 0 Å². The zero-order chi connectivity index (χ0) is 13.9. The highest BCUT2D eigenvalue weighted by molar-refractivity contribution is 6.31. The van der Waals surface area contributed by atoms with Crippen molar-refractivity contribution in [1.82, 2.24) is 10.2 Å². The van der Waals surface area contributed by atoms with Crippen LogP contribution in [-0.4, -0.2) is 29.9 Å². The Morgan fingerprint density at radius 1 is 1.40 bits per heavy atom. The van der Waals surface area contributed by atoms with E-state index in [1.807, 2.05) is 38.2 Å². The lowest BCUT2D eigenvalue weighted by atomic mass is 9.89. The molecule has 5 heteroatoms. The van der Waals surface area contributed by atoms with Crippen molar-refractivity contribution < 1.29 is 4.79 Å². The van der Waals surface area contributed by atoms with Crippen LogP contribution in [0.5, 0.6) is 0 Å². The first-order valence-electron chi connectivity index (χ1n) is 6.77. The number of hydrogen-bond donors (Lipinski definition) is 1. The predicted octanol–water partition coefficient (Wildman–Crippen LogP) is 3.25. The van der Waals surface area contributed by atoms with Crippen LogP contribution in [0.15, 0.2) is 24.3 Å². The molecule has 0 bridgehead atoms. The molecule has 1 atom stereocenters. The average molecular weight is 317 g/mol. The van der Waals surface area contributed by atoms with E-state index < -0.39 is 5.54 Å². The SMILES string of the molecule is CN(Cc1ccccc1Cl)C(=O)C1(C)CCCCN1.Cl. The van der Waals surface area contributed by atoms with Gasteiger partial charge in [-0.15, -0.1) is 12.4 Å². The van der Waals surface area contributed by atoms with Crippen molar-refractivity contribution in [3.8, 4) is 0 Å². The molecule has 0 spiro atoms. The molecule has 0 saturated carbocycles.